The average molecular weight is 294 g/mol. The summed E-state index contributed by atoms with van der Waals surface area (Å²) in [5, 5.41) is 19.4. The third-order valence-corrected chi connectivity index (χ3v) is 2.91. The van der Waals surface area contributed by atoms with Gasteiger partial charge in [0, 0.05) is 23.3 Å². The van der Waals surface area contributed by atoms with E-state index in [0.717, 1.165) is 12.2 Å². The van der Waals surface area contributed by atoms with Gasteiger partial charge in [0.05, 0.1) is 0 Å². The van der Waals surface area contributed by atoms with E-state index in [2.05, 4.69) is 0 Å². The van der Waals surface area contributed by atoms with Crippen LogP contribution in [0.25, 0.3) is 0 Å². The van der Waals surface area contributed by atoms with Gasteiger partial charge in [-0.15, -0.1) is 0 Å². The Kier molecular flexibility index (Phi) is 4.88. The highest BCUT2D eigenvalue weighted by molar-refractivity contribution is 6.06. The number of carbonyl (C=O) groups is 2. The zero-order chi connectivity index (χ0) is 15.9. The van der Waals surface area contributed by atoms with Crippen LogP contribution in [0.1, 0.15) is 20.7 Å². The minimum atomic E-state index is -0.655. The number of allylic oxidation sites excluding steroid dienone is 2. The topological polar surface area (TPSA) is 74.6 Å². The Morgan fingerprint density at radius 2 is 0.955 bits per heavy atom. The molecule has 0 amide bonds. The quantitative estimate of drug-likeness (QED) is 0.382. The fourth-order valence-electron chi connectivity index (χ4n) is 1.77. The van der Waals surface area contributed by atoms with Crippen molar-refractivity contribution >= 4 is 11.6 Å². The van der Waals surface area contributed by atoms with E-state index in [4.69, 9.17) is 0 Å². The van der Waals surface area contributed by atoms with Gasteiger partial charge in [-0.25, -0.2) is 0 Å². The van der Waals surface area contributed by atoms with Crippen LogP contribution < -0.4 is 0 Å². The molecule has 0 saturated carbocycles. The van der Waals surface area contributed by atoms with Gasteiger partial charge in [0.2, 0.25) is 0 Å². The SMILES string of the molecule is O=C(/C=C(O)/C(O)=C/C(=O)c1ccccc1)c1ccccc1. The van der Waals surface area contributed by atoms with E-state index in [-0.39, 0.29) is 0 Å². The molecule has 2 rings (SSSR count). The molecule has 2 aromatic carbocycles. The van der Waals surface area contributed by atoms with E-state index >= 15 is 0 Å². The summed E-state index contributed by atoms with van der Waals surface area (Å²) in [7, 11) is 0. The molecular weight excluding hydrogens is 280 g/mol. The molecule has 0 spiro atoms. The normalized spacial score (nSPS) is 12.0. The van der Waals surface area contributed by atoms with Crippen LogP contribution in [-0.4, -0.2) is 21.8 Å². The molecule has 22 heavy (non-hydrogen) atoms. The number of hydrogen-bond donors (Lipinski definition) is 2. The Labute approximate surface area is 127 Å². The number of ketones is 2. The van der Waals surface area contributed by atoms with Gasteiger partial charge in [-0.1, -0.05) is 60.7 Å². The molecule has 0 bridgehead atoms. The monoisotopic (exact) mass is 294 g/mol. The molecule has 4 nitrogen and oxygen atoms in total. The second-order valence-electron chi connectivity index (χ2n) is 4.52. The van der Waals surface area contributed by atoms with E-state index in [1.54, 1.807) is 60.7 Å². The Morgan fingerprint density at radius 1 is 0.636 bits per heavy atom. The van der Waals surface area contributed by atoms with Gasteiger partial charge >= 0.3 is 0 Å². The summed E-state index contributed by atoms with van der Waals surface area (Å²) in [6.07, 6.45) is 1.75. The second kappa shape index (κ2) is 7.04. The Balaban J connectivity index is 2.16. The summed E-state index contributed by atoms with van der Waals surface area (Å²) in [6, 6.07) is 16.6. The number of aliphatic hydroxyl groups is 2. The van der Waals surface area contributed by atoms with Crippen molar-refractivity contribution in [3.8, 4) is 0 Å². The molecule has 0 aliphatic rings. The number of hydrogen-bond acceptors (Lipinski definition) is 4. The molecule has 0 saturated heterocycles. The number of carbonyl (C=O) groups excluding carboxylic acids is 2. The van der Waals surface area contributed by atoms with Crippen molar-refractivity contribution in [2.24, 2.45) is 0 Å². The Morgan fingerprint density at radius 3 is 1.27 bits per heavy atom. The van der Waals surface area contributed by atoms with Crippen LogP contribution in [0, 0.1) is 0 Å². The first kappa shape index (κ1) is 15.3. The van der Waals surface area contributed by atoms with Crippen molar-refractivity contribution in [2.45, 2.75) is 0 Å². The van der Waals surface area contributed by atoms with Crippen molar-refractivity contribution in [1.29, 1.82) is 0 Å². The van der Waals surface area contributed by atoms with Crippen LogP contribution in [0.5, 0.6) is 0 Å². The lowest BCUT2D eigenvalue weighted by Crippen LogP contribution is -2.01. The standard InChI is InChI=1S/C18H14O4/c19-15(13-7-3-1-4-8-13)11-17(21)18(22)12-16(20)14-9-5-2-6-10-14/h1-12,21-22H/b17-11-,18-12-. The first-order valence-electron chi connectivity index (χ1n) is 6.58. The van der Waals surface area contributed by atoms with Crippen LogP contribution in [-0.2, 0) is 0 Å². The van der Waals surface area contributed by atoms with Crippen LogP contribution >= 0.6 is 0 Å². The van der Waals surface area contributed by atoms with Crippen molar-refractivity contribution in [3.63, 3.8) is 0 Å². The average Bonchev–Trinajstić information content (AvgIpc) is 2.56. The molecule has 0 aromatic heterocycles. The number of aliphatic hydroxyl groups excluding tert-OH is 2. The van der Waals surface area contributed by atoms with Crippen molar-refractivity contribution in [3.05, 3.63) is 95.5 Å². The lowest BCUT2D eigenvalue weighted by Gasteiger charge is -2.00. The lowest BCUT2D eigenvalue weighted by molar-refractivity contribution is 0.103. The van der Waals surface area contributed by atoms with Gasteiger partial charge in [-0.05, 0) is 0 Å². The highest BCUT2D eigenvalue weighted by atomic mass is 16.3. The summed E-state index contributed by atoms with van der Waals surface area (Å²) < 4.78 is 0. The molecule has 2 N–H and O–H groups in total. The number of benzene rings is 2. The van der Waals surface area contributed by atoms with Crippen molar-refractivity contribution in [1.82, 2.24) is 0 Å². The van der Waals surface area contributed by atoms with Gasteiger partial charge < -0.3 is 10.2 Å². The maximum Gasteiger partial charge on any atom is 0.189 e. The predicted octanol–water partition coefficient (Wildman–Crippen LogP) is 3.64. The minimum Gasteiger partial charge on any atom is -0.504 e. The Hall–Kier alpha value is -3.14. The van der Waals surface area contributed by atoms with Gasteiger partial charge in [0.25, 0.3) is 0 Å². The van der Waals surface area contributed by atoms with Crippen LogP contribution in [0.2, 0.25) is 0 Å². The van der Waals surface area contributed by atoms with Gasteiger partial charge in [0.1, 0.15) is 0 Å². The van der Waals surface area contributed by atoms with E-state index in [9.17, 15) is 19.8 Å². The summed E-state index contributed by atoms with van der Waals surface area (Å²) >= 11 is 0. The predicted molar refractivity (Wildman–Crippen MR) is 83.0 cm³/mol. The molecular formula is C18H14O4. The molecule has 0 aliphatic heterocycles. The number of rotatable bonds is 5. The van der Waals surface area contributed by atoms with Crippen LogP contribution in [0.4, 0.5) is 0 Å². The minimum absolute atomic E-state index is 0.372. The molecule has 2 aromatic rings. The summed E-state index contributed by atoms with van der Waals surface area (Å²) in [6.45, 7) is 0. The third-order valence-electron chi connectivity index (χ3n) is 2.91. The molecule has 0 fully saturated rings. The maximum absolute atomic E-state index is 11.9. The fraction of sp³-hybridized carbons (Fsp3) is 0. The first-order valence-corrected chi connectivity index (χ1v) is 6.58. The zero-order valence-corrected chi connectivity index (χ0v) is 11.6. The summed E-state index contributed by atoms with van der Waals surface area (Å²) in [4.78, 5) is 23.7. The molecule has 0 unspecified atom stereocenters. The third kappa shape index (κ3) is 3.93. The second-order valence-corrected chi connectivity index (χ2v) is 4.52. The molecule has 0 heterocycles. The molecule has 0 radical (unpaired) electrons. The van der Waals surface area contributed by atoms with Crippen LogP contribution in [0.15, 0.2) is 84.3 Å². The molecule has 4 heteroatoms. The highest BCUT2D eigenvalue weighted by Gasteiger charge is 2.09. The van der Waals surface area contributed by atoms with Crippen molar-refractivity contribution < 1.29 is 19.8 Å². The molecule has 110 valence electrons. The van der Waals surface area contributed by atoms with E-state index < -0.39 is 23.1 Å². The van der Waals surface area contributed by atoms with Gasteiger partial charge in [-0.3, -0.25) is 9.59 Å². The van der Waals surface area contributed by atoms with Crippen LogP contribution in [0.3, 0.4) is 0 Å². The summed E-state index contributed by atoms with van der Waals surface area (Å²) in [5.41, 5.74) is 0.743. The highest BCUT2D eigenvalue weighted by Crippen LogP contribution is 2.09. The lowest BCUT2D eigenvalue weighted by atomic mass is 10.1. The smallest absolute Gasteiger partial charge is 0.189 e. The molecule has 0 aliphatic carbocycles. The summed E-state index contributed by atoms with van der Waals surface area (Å²) in [5.74, 6) is -2.24. The molecule has 0 atom stereocenters. The fourth-order valence-corrected chi connectivity index (χ4v) is 1.77. The Bertz CT molecular complexity index is 663. The largest absolute Gasteiger partial charge is 0.504 e. The van der Waals surface area contributed by atoms with E-state index in [0.29, 0.717) is 11.1 Å². The van der Waals surface area contributed by atoms with E-state index in [1.807, 2.05) is 0 Å². The van der Waals surface area contributed by atoms with Crippen molar-refractivity contribution in [2.75, 3.05) is 0 Å². The first-order chi connectivity index (χ1) is 10.6. The van der Waals surface area contributed by atoms with E-state index in [1.165, 1.54) is 0 Å². The van der Waals surface area contributed by atoms with Gasteiger partial charge in [0.15, 0.2) is 23.1 Å². The zero-order valence-electron chi connectivity index (χ0n) is 11.6. The van der Waals surface area contributed by atoms with Gasteiger partial charge in [-0.2, -0.15) is 0 Å². The maximum atomic E-state index is 11.9.